The van der Waals surface area contributed by atoms with Crippen LogP contribution in [0.4, 0.5) is 0 Å². The van der Waals surface area contributed by atoms with Crippen molar-refractivity contribution in [3.8, 4) is 0 Å². The van der Waals surface area contributed by atoms with E-state index in [1.54, 1.807) is 0 Å². The summed E-state index contributed by atoms with van der Waals surface area (Å²) < 4.78 is 0. The lowest BCUT2D eigenvalue weighted by Crippen LogP contribution is -1.94. The van der Waals surface area contributed by atoms with Gasteiger partial charge in [0.05, 0.1) is 4.92 Å². The Balaban J connectivity index is 3.26. The van der Waals surface area contributed by atoms with E-state index in [0.717, 1.165) is 6.20 Å². The first kappa shape index (κ1) is 6.10. The SMILES string of the molecule is NCC=C[N+](=O)[O-]. The second-order valence-corrected chi connectivity index (χ2v) is 0.906. The number of hydrogen-bond donors (Lipinski definition) is 1. The van der Waals surface area contributed by atoms with Gasteiger partial charge in [0.2, 0.25) is 6.20 Å². The molecule has 0 saturated heterocycles. The van der Waals surface area contributed by atoms with E-state index in [1.165, 1.54) is 6.08 Å². The maximum absolute atomic E-state index is 9.42. The van der Waals surface area contributed by atoms with Crippen LogP contribution in [-0.2, 0) is 0 Å². The minimum Gasteiger partial charge on any atom is -0.327 e. The van der Waals surface area contributed by atoms with Crippen molar-refractivity contribution in [1.82, 2.24) is 0 Å². The van der Waals surface area contributed by atoms with Crippen molar-refractivity contribution in [2.24, 2.45) is 5.73 Å². The predicted molar refractivity (Wildman–Crippen MR) is 25.2 cm³/mol. The van der Waals surface area contributed by atoms with Gasteiger partial charge in [-0.25, -0.2) is 0 Å². The van der Waals surface area contributed by atoms with Crippen LogP contribution in [0.3, 0.4) is 0 Å². The van der Waals surface area contributed by atoms with Gasteiger partial charge in [0.1, 0.15) is 0 Å². The third-order valence-corrected chi connectivity index (χ3v) is 0.363. The van der Waals surface area contributed by atoms with E-state index in [9.17, 15) is 10.1 Å². The fourth-order valence-corrected chi connectivity index (χ4v) is 0.147. The van der Waals surface area contributed by atoms with Crippen molar-refractivity contribution in [3.05, 3.63) is 22.4 Å². The predicted octanol–water partition coefficient (Wildman–Crippen LogP) is -0.264. The highest BCUT2D eigenvalue weighted by atomic mass is 16.6. The molecule has 0 aliphatic rings. The van der Waals surface area contributed by atoms with E-state index >= 15 is 0 Å². The summed E-state index contributed by atoms with van der Waals surface area (Å²) in [5, 5.41) is 9.42. The minimum absolute atomic E-state index is 0.223. The molecule has 4 heteroatoms. The van der Waals surface area contributed by atoms with Crippen LogP contribution in [0.1, 0.15) is 0 Å². The minimum atomic E-state index is -0.549. The molecule has 7 heavy (non-hydrogen) atoms. The van der Waals surface area contributed by atoms with Gasteiger partial charge in [0, 0.05) is 6.54 Å². The van der Waals surface area contributed by atoms with Crippen LogP contribution >= 0.6 is 0 Å². The maximum atomic E-state index is 9.42. The molecule has 0 atom stereocenters. The smallest absolute Gasteiger partial charge is 0.231 e. The van der Waals surface area contributed by atoms with Crippen LogP contribution in [0.15, 0.2) is 12.3 Å². The summed E-state index contributed by atoms with van der Waals surface area (Å²) in [5.74, 6) is 0. The normalized spacial score (nSPS) is 9.86. The van der Waals surface area contributed by atoms with Crippen molar-refractivity contribution in [2.75, 3.05) is 6.54 Å². The van der Waals surface area contributed by atoms with Crippen LogP contribution in [-0.4, -0.2) is 11.5 Å². The largest absolute Gasteiger partial charge is 0.327 e. The average Bonchev–Trinajstić information content (AvgIpc) is 1.61. The number of rotatable bonds is 2. The quantitative estimate of drug-likeness (QED) is 0.385. The van der Waals surface area contributed by atoms with Gasteiger partial charge in [-0.2, -0.15) is 0 Å². The zero-order valence-electron chi connectivity index (χ0n) is 3.70. The Labute approximate surface area is 40.8 Å². The Hall–Kier alpha value is -0.900. The van der Waals surface area contributed by atoms with Crippen molar-refractivity contribution in [3.63, 3.8) is 0 Å². The molecule has 2 N–H and O–H groups in total. The summed E-state index contributed by atoms with van der Waals surface area (Å²) in [6.45, 7) is 0.223. The molecule has 0 aromatic carbocycles. The van der Waals surface area contributed by atoms with Gasteiger partial charge in [0.15, 0.2) is 0 Å². The molecule has 0 aromatic heterocycles. The molecule has 0 rings (SSSR count). The van der Waals surface area contributed by atoms with E-state index < -0.39 is 4.92 Å². The molecule has 0 fully saturated rings. The topological polar surface area (TPSA) is 69.2 Å². The average molecular weight is 102 g/mol. The van der Waals surface area contributed by atoms with E-state index in [0.29, 0.717) is 0 Å². The lowest BCUT2D eigenvalue weighted by atomic mass is 10.6. The maximum Gasteiger partial charge on any atom is 0.231 e. The third kappa shape index (κ3) is 5.10. The van der Waals surface area contributed by atoms with Gasteiger partial charge >= 0.3 is 0 Å². The molecule has 0 aliphatic carbocycles. The Morgan fingerprint density at radius 2 is 2.43 bits per heavy atom. The summed E-state index contributed by atoms with van der Waals surface area (Å²) in [5.41, 5.74) is 4.89. The van der Waals surface area contributed by atoms with Crippen LogP contribution in [0, 0.1) is 10.1 Å². The van der Waals surface area contributed by atoms with Gasteiger partial charge in [-0.1, -0.05) is 0 Å². The van der Waals surface area contributed by atoms with E-state index in [2.05, 4.69) is 0 Å². The Morgan fingerprint density at radius 1 is 1.86 bits per heavy atom. The molecule has 40 valence electrons. The number of hydrogen-bond acceptors (Lipinski definition) is 3. The van der Waals surface area contributed by atoms with Gasteiger partial charge in [-0.05, 0) is 6.08 Å². The molecule has 0 radical (unpaired) electrons. The van der Waals surface area contributed by atoms with Crippen LogP contribution in [0.2, 0.25) is 0 Å². The molecule has 0 unspecified atom stereocenters. The zero-order chi connectivity index (χ0) is 5.70. The molecule has 0 spiro atoms. The first-order valence-electron chi connectivity index (χ1n) is 1.77. The van der Waals surface area contributed by atoms with E-state index in [1.807, 2.05) is 0 Å². The van der Waals surface area contributed by atoms with Crippen molar-refractivity contribution < 1.29 is 4.92 Å². The lowest BCUT2D eigenvalue weighted by molar-refractivity contribution is -0.402. The number of nitro groups is 1. The number of nitrogens with two attached hydrogens (primary N) is 1. The molecular weight excluding hydrogens is 96.0 g/mol. The zero-order valence-corrected chi connectivity index (χ0v) is 3.70. The summed E-state index contributed by atoms with van der Waals surface area (Å²) in [7, 11) is 0. The molecule has 0 saturated carbocycles. The van der Waals surface area contributed by atoms with Crippen molar-refractivity contribution >= 4 is 0 Å². The van der Waals surface area contributed by atoms with Crippen molar-refractivity contribution in [2.45, 2.75) is 0 Å². The highest BCUT2D eigenvalue weighted by Crippen LogP contribution is 1.67. The summed E-state index contributed by atoms with van der Waals surface area (Å²) in [6.07, 6.45) is 2.10. The fourth-order valence-electron chi connectivity index (χ4n) is 0.147. The molecule has 0 heterocycles. The molecular formula is C3H6N2O2. The van der Waals surface area contributed by atoms with Gasteiger partial charge in [-0.3, -0.25) is 10.1 Å². The first-order valence-corrected chi connectivity index (χ1v) is 1.77. The van der Waals surface area contributed by atoms with Gasteiger partial charge < -0.3 is 5.73 Å². The van der Waals surface area contributed by atoms with Crippen LogP contribution < -0.4 is 5.73 Å². The Morgan fingerprint density at radius 3 is 2.57 bits per heavy atom. The highest BCUT2D eigenvalue weighted by Gasteiger charge is 1.77. The Kier molecular flexibility index (Phi) is 2.87. The third-order valence-electron chi connectivity index (χ3n) is 0.363. The summed E-state index contributed by atoms with van der Waals surface area (Å²) in [6, 6.07) is 0. The monoisotopic (exact) mass is 102 g/mol. The van der Waals surface area contributed by atoms with E-state index in [-0.39, 0.29) is 6.54 Å². The van der Waals surface area contributed by atoms with Gasteiger partial charge in [0.25, 0.3) is 0 Å². The van der Waals surface area contributed by atoms with Crippen molar-refractivity contribution in [1.29, 1.82) is 0 Å². The lowest BCUT2D eigenvalue weighted by Gasteiger charge is -1.73. The highest BCUT2D eigenvalue weighted by molar-refractivity contribution is 4.71. The molecule has 0 aromatic rings. The van der Waals surface area contributed by atoms with E-state index in [4.69, 9.17) is 5.73 Å². The Bertz CT molecular complexity index is 88.9. The van der Waals surface area contributed by atoms with Crippen LogP contribution in [0.5, 0.6) is 0 Å². The second-order valence-electron chi connectivity index (χ2n) is 0.906. The molecule has 0 bridgehead atoms. The molecule has 0 amide bonds. The molecule has 0 aliphatic heterocycles. The molecule has 4 nitrogen and oxygen atoms in total. The van der Waals surface area contributed by atoms with Crippen LogP contribution in [0.25, 0.3) is 0 Å². The fraction of sp³-hybridized carbons (Fsp3) is 0.333. The standard InChI is InChI=1S/C3H6N2O2/c4-2-1-3-5(6)7/h1,3H,2,4H2. The summed E-state index contributed by atoms with van der Waals surface area (Å²) >= 11 is 0. The number of nitrogens with zero attached hydrogens (tertiary/aromatic N) is 1. The summed E-state index contributed by atoms with van der Waals surface area (Å²) in [4.78, 5) is 8.87. The van der Waals surface area contributed by atoms with Gasteiger partial charge in [-0.15, -0.1) is 0 Å². The second kappa shape index (κ2) is 3.30. The first-order chi connectivity index (χ1) is 3.27.